The number of aromatic nitrogens is 1. The molecule has 0 radical (unpaired) electrons. The van der Waals surface area contributed by atoms with E-state index in [-0.39, 0.29) is 5.41 Å². The number of benzene rings is 7. The van der Waals surface area contributed by atoms with E-state index in [1.165, 1.54) is 83.1 Å². The van der Waals surface area contributed by atoms with Crippen LogP contribution in [-0.2, 0) is 10.8 Å². The Bertz CT molecular complexity index is 2690. The molecule has 1 aliphatic heterocycles. The maximum Gasteiger partial charge on any atom is 0.0991 e. The van der Waals surface area contributed by atoms with Gasteiger partial charge in [0.2, 0.25) is 0 Å². The van der Waals surface area contributed by atoms with Crippen molar-refractivity contribution in [1.29, 1.82) is 5.26 Å². The van der Waals surface area contributed by atoms with E-state index < -0.39 is 5.41 Å². The van der Waals surface area contributed by atoms with Crippen LogP contribution in [0.1, 0.15) is 52.8 Å². The average molecular weight is 625 g/mol. The second-order valence-electron chi connectivity index (χ2n) is 14.0. The minimum Gasteiger partial charge on any atom is -0.309 e. The summed E-state index contributed by atoms with van der Waals surface area (Å²) in [5, 5.41) is 12.1. The van der Waals surface area contributed by atoms with Gasteiger partial charge in [-0.3, -0.25) is 0 Å². The normalized spacial score (nSPS) is 16.6. The van der Waals surface area contributed by atoms with Gasteiger partial charge in [-0.1, -0.05) is 141 Å². The topological polar surface area (TPSA) is 28.7 Å². The fraction of sp³-hybridized carbons (Fsp3) is 0.0851. The molecule has 0 spiro atoms. The minimum absolute atomic E-state index is 0.187. The predicted octanol–water partition coefficient (Wildman–Crippen LogP) is 11.3. The Morgan fingerprint density at radius 1 is 0.510 bits per heavy atom. The van der Waals surface area contributed by atoms with Crippen LogP contribution in [0.4, 0.5) is 0 Å². The molecule has 1 aliphatic carbocycles. The number of fused-ring (bicyclic) bond motifs is 8. The second kappa shape index (κ2) is 9.92. The summed E-state index contributed by atoms with van der Waals surface area (Å²) in [4.78, 5) is 0. The first-order valence-corrected chi connectivity index (χ1v) is 17.0. The molecule has 0 saturated heterocycles. The average Bonchev–Trinajstić information content (AvgIpc) is 3.61. The lowest BCUT2D eigenvalue weighted by molar-refractivity contribution is 0.660. The lowest BCUT2D eigenvalue weighted by Gasteiger charge is -2.41. The molecule has 2 heterocycles. The maximum atomic E-state index is 9.58. The molecule has 8 aromatic rings. The summed E-state index contributed by atoms with van der Waals surface area (Å²) in [6.45, 7) is 4.55. The van der Waals surface area contributed by atoms with Crippen LogP contribution in [0.25, 0.3) is 49.7 Å². The monoisotopic (exact) mass is 624 g/mol. The standard InChI is InChI=1S/C47H32N2/c1-46(2)41-27-30(29-48)19-25-35(41)36-26-22-32(28-42(36)46)31-20-23-34(24-21-31)47(33-11-4-3-5-12-33)39-15-7-9-18-44(39)49-43-17-8-6-13-37(43)38-14-10-16-40(47)45(38)49/h3-28H,1-2H3. The molecular formula is C47H32N2. The molecule has 0 fully saturated rings. The fourth-order valence-electron chi connectivity index (χ4n) is 9.08. The minimum atomic E-state index is -0.514. The largest absolute Gasteiger partial charge is 0.309 e. The molecule has 230 valence electrons. The van der Waals surface area contributed by atoms with E-state index in [2.05, 4.69) is 176 Å². The van der Waals surface area contributed by atoms with Crippen molar-refractivity contribution in [3.05, 3.63) is 197 Å². The van der Waals surface area contributed by atoms with E-state index >= 15 is 0 Å². The van der Waals surface area contributed by atoms with Gasteiger partial charge in [0.25, 0.3) is 0 Å². The third-order valence-corrected chi connectivity index (χ3v) is 11.3. The molecule has 0 bridgehead atoms. The zero-order valence-electron chi connectivity index (χ0n) is 27.4. The van der Waals surface area contributed by atoms with Crippen molar-refractivity contribution in [3.8, 4) is 34.0 Å². The van der Waals surface area contributed by atoms with Crippen molar-refractivity contribution in [1.82, 2.24) is 4.57 Å². The van der Waals surface area contributed by atoms with Gasteiger partial charge in [0, 0.05) is 16.2 Å². The highest BCUT2D eigenvalue weighted by Crippen LogP contribution is 2.55. The molecular weight excluding hydrogens is 593 g/mol. The SMILES string of the molecule is CC1(C)c2cc(C#N)ccc2-c2ccc(-c3ccc(C4(c5ccccc5)c5ccccc5-n5c6ccccc6c6cccc4c65)cc3)cc21. The van der Waals surface area contributed by atoms with Gasteiger partial charge in [-0.25, -0.2) is 0 Å². The highest BCUT2D eigenvalue weighted by Gasteiger charge is 2.45. The van der Waals surface area contributed by atoms with Gasteiger partial charge in [-0.05, 0) is 86.0 Å². The quantitative estimate of drug-likeness (QED) is 0.192. The molecule has 2 heteroatoms. The lowest BCUT2D eigenvalue weighted by atomic mass is 9.63. The van der Waals surface area contributed by atoms with E-state index in [1.54, 1.807) is 0 Å². The summed E-state index contributed by atoms with van der Waals surface area (Å²) < 4.78 is 2.48. The molecule has 2 nitrogen and oxygen atoms in total. The van der Waals surface area contributed by atoms with Gasteiger partial charge in [0.1, 0.15) is 0 Å². The van der Waals surface area contributed by atoms with Gasteiger partial charge >= 0.3 is 0 Å². The van der Waals surface area contributed by atoms with Crippen molar-refractivity contribution in [2.75, 3.05) is 0 Å². The van der Waals surface area contributed by atoms with Gasteiger partial charge < -0.3 is 4.57 Å². The van der Waals surface area contributed by atoms with Crippen LogP contribution < -0.4 is 0 Å². The Morgan fingerprint density at radius 2 is 1.14 bits per heavy atom. The molecule has 1 unspecified atom stereocenters. The van der Waals surface area contributed by atoms with E-state index in [0.717, 1.165) is 0 Å². The van der Waals surface area contributed by atoms with Crippen molar-refractivity contribution in [2.45, 2.75) is 24.7 Å². The van der Waals surface area contributed by atoms with E-state index in [1.807, 2.05) is 6.07 Å². The van der Waals surface area contributed by atoms with Gasteiger partial charge in [0.05, 0.1) is 33.8 Å². The van der Waals surface area contributed by atoms with Gasteiger partial charge in [0.15, 0.2) is 0 Å². The van der Waals surface area contributed by atoms with Crippen LogP contribution in [0.3, 0.4) is 0 Å². The smallest absolute Gasteiger partial charge is 0.0991 e. The van der Waals surface area contributed by atoms with Crippen molar-refractivity contribution in [2.24, 2.45) is 0 Å². The summed E-state index contributed by atoms with van der Waals surface area (Å²) in [7, 11) is 0. The van der Waals surface area contributed by atoms with E-state index in [4.69, 9.17) is 0 Å². The van der Waals surface area contributed by atoms with Crippen molar-refractivity contribution >= 4 is 21.8 Å². The Balaban J connectivity index is 1.19. The third kappa shape index (κ3) is 3.60. The number of hydrogen-bond donors (Lipinski definition) is 0. The number of rotatable bonds is 3. The summed E-state index contributed by atoms with van der Waals surface area (Å²) >= 11 is 0. The number of nitrogens with zero attached hydrogens (tertiary/aromatic N) is 2. The predicted molar refractivity (Wildman–Crippen MR) is 200 cm³/mol. The first kappa shape index (κ1) is 27.9. The van der Waals surface area contributed by atoms with Crippen LogP contribution in [-0.4, -0.2) is 4.57 Å². The summed E-state index contributed by atoms with van der Waals surface area (Å²) in [6, 6.07) is 60.3. The number of para-hydroxylation sites is 3. The summed E-state index contributed by atoms with van der Waals surface area (Å²) in [5.41, 5.74) is 16.2. The summed E-state index contributed by atoms with van der Waals surface area (Å²) in [6.07, 6.45) is 0. The van der Waals surface area contributed by atoms with Crippen LogP contribution in [0.2, 0.25) is 0 Å². The van der Waals surface area contributed by atoms with Gasteiger partial charge in [-0.15, -0.1) is 0 Å². The fourth-order valence-corrected chi connectivity index (χ4v) is 9.08. The Labute approximate surface area is 286 Å². The zero-order valence-corrected chi connectivity index (χ0v) is 27.4. The Kier molecular flexibility index (Phi) is 5.65. The van der Waals surface area contributed by atoms with Crippen LogP contribution in [0.15, 0.2) is 158 Å². The van der Waals surface area contributed by atoms with Crippen molar-refractivity contribution in [3.63, 3.8) is 0 Å². The van der Waals surface area contributed by atoms with Gasteiger partial charge in [-0.2, -0.15) is 5.26 Å². The maximum absolute atomic E-state index is 9.58. The molecule has 1 aromatic heterocycles. The molecule has 0 saturated carbocycles. The highest BCUT2D eigenvalue weighted by molar-refractivity contribution is 6.12. The number of hydrogen-bond acceptors (Lipinski definition) is 1. The highest BCUT2D eigenvalue weighted by atomic mass is 15.0. The third-order valence-electron chi connectivity index (χ3n) is 11.3. The second-order valence-corrected chi connectivity index (χ2v) is 14.0. The Morgan fingerprint density at radius 3 is 1.96 bits per heavy atom. The van der Waals surface area contributed by atoms with Crippen molar-refractivity contribution < 1.29 is 0 Å². The number of nitriles is 1. The lowest BCUT2D eigenvalue weighted by Crippen LogP contribution is -2.35. The summed E-state index contributed by atoms with van der Waals surface area (Å²) in [5.74, 6) is 0. The first-order chi connectivity index (χ1) is 24.0. The van der Waals surface area contributed by atoms with E-state index in [0.29, 0.717) is 5.56 Å². The van der Waals surface area contributed by atoms with E-state index in [9.17, 15) is 5.26 Å². The molecule has 7 aromatic carbocycles. The molecule has 0 amide bonds. The first-order valence-electron chi connectivity index (χ1n) is 17.0. The zero-order chi connectivity index (χ0) is 32.9. The van der Waals surface area contributed by atoms with Crippen LogP contribution >= 0.6 is 0 Å². The van der Waals surface area contributed by atoms with Crippen LogP contribution in [0, 0.1) is 11.3 Å². The Hall–Kier alpha value is -6.17. The van der Waals surface area contributed by atoms with Crippen LogP contribution in [0.5, 0.6) is 0 Å². The molecule has 10 rings (SSSR count). The molecule has 0 N–H and O–H groups in total. The molecule has 1 atom stereocenters. The molecule has 2 aliphatic rings. The molecule has 49 heavy (non-hydrogen) atoms.